The SMILES string of the molecule is COc1cc(OC)cc(C(=O)N(CCCN(C)C)c2nc3ccc(Cl)cc3s2)c1. The van der Waals surface area contributed by atoms with Crippen LogP contribution >= 0.6 is 22.9 Å². The number of anilines is 1. The molecular weight excluding hydrogens is 410 g/mol. The Bertz CT molecular complexity index is 984. The lowest BCUT2D eigenvalue weighted by atomic mass is 10.1. The van der Waals surface area contributed by atoms with Crippen LogP contribution in [0.2, 0.25) is 5.02 Å². The predicted octanol–water partition coefficient (Wildman–Crippen LogP) is 4.57. The van der Waals surface area contributed by atoms with Crippen LogP contribution in [0.1, 0.15) is 16.8 Å². The van der Waals surface area contributed by atoms with Gasteiger partial charge in [-0.1, -0.05) is 22.9 Å². The van der Waals surface area contributed by atoms with Gasteiger partial charge >= 0.3 is 0 Å². The van der Waals surface area contributed by atoms with Crippen LogP contribution in [-0.2, 0) is 0 Å². The molecule has 0 aliphatic carbocycles. The van der Waals surface area contributed by atoms with Crippen molar-refractivity contribution in [2.75, 3.05) is 46.3 Å². The topological polar surface area (TPSA) is 54.9 Å². The Balaban J connectivity index is 1.98. The maximum Gasteiger partial charge on any atom is 0.260 e. The number of rotatable bonds is 8. The zero-order valence-electron chi connectivity index (χ0n) is 16.9. The van der Waals surface area contributed by atoms with Crippen LogP contribution in [0.5, 0.6) is 11.5 Å². The summed E-state index contributed by atoms with van der Waals surface area (Å²) in [5.41, 5.74) is 1.31. The molecule has 0 radical (unpaired) electrons. The van der Waals surface area contributed by atoms with E-state index >= 15 is 0 Å². The van der Waals surface area contributed by atoms with Gasteiger partial charge in [0.15, 0.2) is 5.13 Å². The summed E-state index contributed by atoms with van der Waals surface area (Å²) in [4.78, 5) is 21.9. The highest BCUT2D eigenvalue weighted by molar-refractivity contribution is 7.22. The summed E-state index contributed by atoms with van der Waals surface area (Å²) in [5, 5.41) is 1.29. The molecule has 0 saturated heterocycles. The first-order valence-electron chi connectivity index (χ1n) is 9.17. The second-order valence-electron chi connectivity index (χ2n) is 6.82. The number of carbonyl (C=O) groups is 1. The summed E-state index contributed by atoms with van der Waals surface area (Å²) < 4.78 is 11.6. The van der Waals surface area contributed by atoms with E-state index in [4.69, 9.17) is 21.1 Å². The van der Waals surface area contributed by atoms with E-state index in [1.807, 2.05) is 26.2 Å². The molecule has 0 atom stereocenters. The Morgan fingerprint density at radius 2 is 1.76 bits per heavy atom. The Labute approximate surface area is 179 Å². The van der Waals surface area contributed by atoms with Gasteiger partial charge in [0.1, 0.15) is 11.5 Å². The molecule has 0 aliphatic heterocycles. The molecule has 154 valence electrons. The van der Waals surface area contributed by atoms with Gasteiger partial charge in [-0.2, -0.15) is 0 Å². The molecule has 0 spiro atoms. The summed E-state index contributed by atoms with van der Waals surface area (Å²) in [5.74, 6) is 0.986. The van der Waals surface area contributed by atoms with Crippen molar-refractivity contribution < 1.29 is 14.3 Å². The van der Waals surface area contributed by atoms with E-state index < -0.39 is 0 Å². The van der Waals surface area contributed by atoms with Crippen molar-refractivity contribution in [3.63, 3.8) is 0 Å². The van der Waals surface area contributed by atoms with Gasteiger partial charge in [0.25, 0.3) is 5.91 Å². The summed E-state index contributed by atoms with van der Waals surface area (Å²) in [6.45, 7) is 1.41. The molecule has 8 heteroatoms. The van der Waals surface area contributed by atoms with Gasteiger partial charge in [-0.3, -0.25) is 9.69 Å². The molecular formula is C21H24ClN3O3S. The highest BCUT2D eigenvalue weighted by Gasteiger charge is 2.22. The Morgan fingerprint density at radius 3 is 2.38 bits per heavy atom. The van der Waals surface area contributed by atoms with Crippen molar-refractivity contribution in [2.45, 2.75) is 6.42 Å². The monoisotopic (exact) mass is 433 g/mol. The largest absolute Gasteiger partial charge is 0.497 e. The predicted molar refractivity (Wildman–Crippen MR) is 119 cm³/mol. The molecule has 1 heterocycles. The number of nitrogens with zero attached hydrogens (tertiary/aromatic N) is 3. The van der Waals surface area contributed by atoms with Gasteiger partial charge in [-0.05, 0) is 57.4 Å². The van der Waals surface area contributed by atoms with Gasteiger partial charge in [-0.15, -0.1) is 0 Å². The third kappa shape index (κ3) is 5.18. The van der Waals surface area contributed by atoms with Gasteiger partial charge in [-0.25, -0.2) is 4.98 Å². The molecule has 0 bridgehead atoms. The minimum Gasteiger partial charge on any atom is -0.497 e. The van der Waals surface area contributed by atoms with Crippen molar-refractivity contribution in [3.05, 3.63) is 47.0 Å². The van der Waals surface area contributed by atoms with Crippen molar-refractivity contribution in [1.29, 1.82) is 0 Å². The minimum atomic E-state index is -0.147. The van der Waals surface area contributed by atoms with Gasteiger partial charge in [0.2, 0.25) is 0 Å². The van der Waals surface area contributed by atoms with Crippen molar-refractivity contribution in [3.8, 4) is 11.5 Å². The molecule has 1 amide bonds. The standard InChI is InChI=1S/C21H24ClN3O3S/c1-24(2)8-5-9-25(21-23-18-7-6-15(22)12-19(18)29-21)20(26)14-10-16(27-3)13-17(11-14)28-4/h6-7,10-13H,5,8-9H2,1-4H3. The fraction of sp³-hybridized carbons (Fsp3) is 0.333. The summed E-state index contributed by atoms with van der Waals surface area (Å²) in [6.07, 6.45) is 0.816. The number of hydrogen-bond donors (Lipinski definition) is 0. The van der Waals surface area contributed by atoms with E-state index in [-0.39, 0.29) is 5.91 Å². The molecule has 0 saturated carbocycles. The van der Waals surface area contributed by atoms with E-state index in [2.05, 4.69) is 9.88 Å². The van der Waals surface area contributed by atoms with Gasteiger partial charge in [0.05, 0.1) is 24.4 Å². The number of thiazole rings is 1. The van der Waals surface area contributed by atoms with E-state index in [0.717, 1.165) is 23.2 Å². The van der Waals surface area contributed by atoms with Crippen LogP contribution in [0.4, 0.5) is 5.13 Å². The second-order valence-corrected chi connectivity index (χ2v) is 8.27. The molecule has 0 N–H and O–H groups in total. The maximum atomic E-state index is 13.4. The lowest BCUT2D eigenvalue weighted by Crippen LogP contribution is -2.33. The van der Waals surface area contributed by atoms with Crippen molar-refractivity contribution in [1.82, 2.24) is 9.88 Å². The quantitative estimate of drug-likeness (QED) is 0.521. The number of methoxy groups -OCH3 is 2. The van der Waals surface area contributed by atoms with Crippen LogP contribution in [0.3, 0.4) is 0 Å². The first-order valence-corrected chi connectivity index (χ1v) is 10.4. The first-order chi connectivity index (χ1) is 13.9. The van der Waals surface area contributed by atoms with Crippen LogP contribution in [-0.4, -0.2) is 57.2 Å². The fourth-order valence-electron chi connectivity index (χ4n) is 2.92. The van der Waals surface area contributed by atoms with Gasteiger partial charge in [0, 0.05) is 23.2 Å². The molecule has 0 fully saturated rings. The molecule has 3 rings (SSSR count). The number of amides is 1. The van der Waals surface area contributed by atoms with Crippen LogP contribution < -0.4 is 14.4 Å². The number of halogens is 1. The lowest BCUT2D eigenvalue weighted by Gasteiger charge is -2.21. The highest BCUT2D eigenvalue weighted by Crippen LogP contribution is 2.32. The number of benzene rings is 2. The summed E-state index contributed by atoms with van der Waals surface area (Å²) >= 11 is 7.57. The third-order valence-corrected chi connectivity index (χ3v) is 5.68. The molecule has 6 nitrogen and oxygen atoms in total. The number of aromatic nitrogens is 1. The Kier molecular flexibility index (Phi) is 6.95. The first kappa shape index (κ1) is 21.4. The summed E-state index contributed by atoms with van der Waals surface area (Å²) in [7, 11) is 7.15. The van der Waals surface area contributed by atoms with E-state index in [1.165, 1.54) is 11.3 Å². The molecule has 3 aromatic rings. The van der Waals surface area contributed by atoms with Gasteiger partial charge < -0.3 is 14.4 Å². The lowest BCUT2D eigenvalue weighted by molar-refractivity contribution is 0.0985. The highest BCUT2D eigenvalue weighted by atomic mass is 35.5. The minimum absolute atomic E-state index is 0.147. The molecule has 2 aromatic carbocycles. The third-order valence-electron chi connectivity index (χ3n) is 4.40. The maximum absolute atomic E-state index is 13.4. The fourth-order valence-corrected chi connectivity index (χ4v) is 4.18. The molecule has 0 aliphatic rings. The number of ether oxygens (including phenoxy) is 2. The van der Waals surface area contributed by atoms with Crippen LogP contribution in [0, 0.1) is 0 Å². The van der Waals surface area contributed by atoms with E-state index in [0.29, 0.717) is 33.8 Å². The zero-order valence-corrected chi connectivity index (χ0v) is 18.5. The Hall–Kier alpha value is -2.35. The van der Waals surface area contributed by atoms with Crippen LogP contribution in [0.25, 0.3) is 10.2 Å². The number of hydrogen-bond acceptors (Lipinski definition) is 6. The average Bonchev–Trinajstić information content (AvgIpc) is 3.12. The zero-order chi connectivity index (χ0) is 21.0. The number of fused-ring (bicyclic) bond motifs is 1. The average molecular weight is 434 g/mol. The molecule has 1 aromatic heterocycles. The van der Waals surface area contributed by atoms with Crippen molar-refractivity contribution >= 4 is 44.2 Å². The molecule has 29 heavy (non-hydrogen) atoms. The van der Waals surface area contributed by atoms with Crippen LogP contribution in [0.15, 0.2) is 36.4 Å². The van der Waals surface area contributed by atoms with E-state index in [9.17, 15) is 4.79 Å². The summed E-state index contributed by atoms with van der Waals surface area (Å²) in [6, 6.07) is 10.7. The second kappa shape index (κ2) is 9.43. The van der Waals surface area contributed by atoms with Crippen molar-refractivity contribution in [2.24, 2.45) is 0 Å². The number of carbonyl (C=O) groups excluding carboxylic acids is 1. The van der Waals surface area contributed by atoms with E-state index in [1.54, 1.807) is 43.4 Å². The normalized spacial score (nSPS) is 11.1. The Morgan fingerprint density at radius 1 is 1.07 bits per heavy atom. The smallest absolute Gasteiger partial charge is 0.260 e. The molecule has 0 unspecified atom stereocenters.